The molecule has 1 aliphatic carbocycles. The first-order valence-corrected chi connectivity index (χ1v) is 12.7. The van der Waals surface area contributed by atoms with Crippen molar-refractivity contribution in [3.8, 4) is 0 Å². The number of thioether (sulfide) groups is 1. The summed E-state index contributed by atoms with van der Waals surface area (Å²) in [6.45, 7) is 5.51. The van der Waals surface area contributed by atoms with E-state index in [0.717, 1.165) is 36.8 Å². The number of aromatic nitrogens is 3. The molecule has 2 fully saturated rings. The van der Waals surface area contributed by atoms with E-state index < -0.39 is 0 Å². The molecule has 162 valence electrons. The van der Waals surface area contributed by atoms with Crippen LogP contribution in [-0.2, 0) is 13.1 Å². The fourth-order valence-electron chi connectivity index (χ4n) is 5.11. The molecule has 30 heavy (non-hydrogen) atoms. The lowest BCUT2D eigenvalue weighted by atomic mass is 9.90. The molecule has 2 aromatic heterocycles. The predicted molar refractivity (Wildman–Crippen MR) is 123 cm³/mol. The summed E-state index contributed by atoms with van der Waals surface area (Å²) in [5.74, 6) is 0.740. The average Bonchev–Trinajstić information content (AvgIpc) is 2.81. The maximum absolute atomic E-state index is 4.48. The average molecular weight is 426 g/mol. The molecular weight excluding hydrogens is 390 g/mol. The van der Waals surface area contributed by atoms with Crippen molar-refractivity contribution in [3.05, 3.63) is 48.0 Å². The number of hydrogen-bond donors (Lipinski definition) is 0. The Labute approximate surface area is 185 Å². The highest BCUT2D eigenvalue weighted by Crippen LogP contribution is 2.28. The van der Waals surface area contributed by atoms with Gasteiger partial charge in [-0.3, -0.25) is 9.88 Å². The predicted octanol–water partition coefficient (Wildman–Crippen LogP) is 4.64. The molecule has 0 spiro atoms. The summed E-state index contributed by atoms with van der Waals surface area (Å²) in [7, 11) is 0. The van der Waals surface area contributed by atoms with Crippen molar-refractivity contribution in [2.45, 2.75) is 69.2 Å². The number of piperidine rings is 1. The summed E-state index contributed by atoms with van der Waals surface area (Å²) in [6.07, 6.45) is 19.6. The molecule has 3 heterocycles. The monoisotopic (exact) mass is 425 g/mol. The minimum absolute atomic E-state index is 0.740. The molecule has 2 aromatic rings. The first kappa shape index (κ1) is 21.7. The van der Waals surface area contributed by atoms with E-state index in [1.807, 2.05) is 37.1 Å². The van der Waals surface area contributed by atoms with Crippen LogP contribution in [0, 0.1) is 5.92 Å². The lowest BCUT2D eigenvalue weighted by Gasteiger charge is -2.41. The van der Waals surface area contributed by atoms with E-state index >= 15 is 0 Å². The van der Waals surface area contributed by atoms with Gasteiger partial charge in [0, 0.05) is 62.6 Å². The Morgan fingerprint density at radius 1 is 1.00 bits per heavy atom. The molecule has 0 radical (unpaired) electrons. The molecule has 0 aromatic carbocycles. The van der Waals surface area contributed by atoms with Crippen molar-refractivity contribution in [1.29, 1.82) is 0 Å². The first-order valence-electron chi connectivity index (χ1n) is 11.5. The van der Waals surface area contributed by atoms with Gasteiger partial charge in [0.2, 0.25) is 0 Å². The van der Waals surface area contributed by atoms with E-state index in [9.17, 15) is 0 Å². The summed E-state index contributed by atoms with van der Waals surface area (Å²) >= 11 is 1.59. The molecular formula is C24H35N5S. The second kappa shape index (κ2) is 11.2. The van der Waals surface area contributed by atoms with Gasteiger partial charge in [-0.05, 0) is 56.0 Å². The second-order valence-electron chi connectivity index (χ2n) is 8.90. The quantitative estimate of drug-likeness (QED) is 0.453. The Bertz CT molecular complexity index is 748. The summed E-state index contributed by atoms with van der Waals surface area (Å²) in [4.78, 5) is 18.7. The third kappa shape index (κ3) is 6.25. The molecule has 6 heteroatoms. The van der Waals surface area contributed by atoms with Crippen LogP contribution in [0.5, 0.6) is 0 Å². The van der Waals surface area contributed by atoms with Crippen molar-refractivity contribution in [1.82, 2.24) is 24.8 Å². The van der Waals surface area contributed by atoms with Crippen molar-refractivity contribution < 1.29 is 0 Å². The summed E-state index contributed by atoms with van der Waals surface area (Å²) in [5.41, 5.74) is 2.47. The first-order chi connectivity index (χ1) is 14.8. The minimum atomic E-state index is 0.740. The number of hydrogen-bond acceptors (Lipinski definition) is 6. The van der Waals surface area contributed by atoms with Gasteiger partial charge in [-0.2, -0.15) is 0 Å². The van der Waals surface area contributed by atoms with Gasteiger partial charge >= 0.3 is 0 Å². The third-order valence-corrected chi connectivity index (χ3v) is 7.13. The van der Waals surface area contributed by atoms with E-state index in [-0.39, 0.29) is 0 Å². The van der Waals surface area contributed by atoms with Crippen LogP contribution in [0.4, 0.5) is 0 Å². The second-order valence-corrected chi connectivity index (χ2v) is 9.68. The smallest absolute Gasteiger partial charge is 0.187 e. The largest absolute Gasteiger partial charge is 0.300 e. The Morgan fingerprint density at radius 2 is 1.80 bits per heavy atom. The highest BCUT2D eigenvalue weighted by molar-refractivity contribution is 7.98. The Kier molecular flexibility index (Phi) is 8.12. The van der Waals surface area contributed by atoms with E-state index in [2.05, 4.69) is 30.8 Å². The van der Waals surface area contributed by atoms with Crippen molar-refractivity contribution in [3.63, 3.8) is 0 Å². The number of rotatable bonds is 8. The van der Waals surface area contributed by atoms with E-state index in [4.69, 9.17) is 0 Å². The van der Waals surface area contributed by atoms with Gasteiger partial charge in [0.15, 0.2) is 5.16 Å². The van der Waals surface area contributed by atoms with E-state index in [0.29, 0.717) is 0 Å². The maximum atomic E-state index is 4.48. The molecule has 0 bridgehead atoms. The lowest BCUT2D eigenvalue weighted by molar-refractivity contribution is 0.0771. The zero-order chi connectivity index (χ0) is 20.6. The van der Waals surface area contributed by atoms with Crippen molar-refractivity contribution >= 4 is 11.8 Å². The molecule has 1 atom stereocenters. The zero-order valence-electron chi connectivity index (χ0n) is 18.2. The van der Waals surface area contributed by atoms with Crippen LogP contribution in [0.2, 0.25) is 0 Å². The number of likely N-dealkylation sites (tertiary alicyclic amines) is 1. The van der Waals surface area contributed by atoms with Crippen molar-refractivity contribution in [2.24, 2.45) is 5.92 Å². The molecule has 0 N–H and O–H groups in total. The van der Waals surface area contributed by atoms with E-state index in [1.54, 1.807) is 11.8 Å². The summed E-state index contributed by atoms with van der Waals surface area (Å²) in [6, 6.07) is 5.05. The van der Waals surface area contributed by atoms with Crippen LogP contribution in [0.25, 0.3) is 0 Å². The molecule has 5 nitrogen and oxygen atoms in total. The van der Waals surface area contributed by atoms with Gasteiger partial charge < -0.3 is 4.90 Å². The van der Waals surface area contributed by atoms with Crippen LogP contribution in [0.15, 0.2) is 42.1 Å². The van der Waals surface area contributed by atoms with Gasteiger partial charge in [0.1, 0.15) is 0 Å². The normalized spacial score (nSPS) is 21.2. The van der Waals surface area contributed by atoms with Crippen LogP contribution in [0.1, 0.15) is 56.1 Å². The van der Waals surface area contributed by atoms with Gasteiger partial charge in [-0.1, -0.05) is 37.1 Å². The topological polar surface area (TPSA) is 45.2 Å². The summed E-state index contributed by atoms with van der Waals surface area (Å²) in [5, 5.41) is 0.841. The Balaban J connectivity index is 1.41. The Hall–Kier alpha value is -1.50. The fraction of sp³-hybridized carbons (Fsp3) is 0.625. The summed E-state index contributed by atoms with van der Waals surface area (Å²) < 4.78 is 0. The number of pyridine rings is 1. The van der Waals surface area contributed by atoms with Gasteiger partial charge in [0.05, 0.1) is 0 Å². The zero-order valence-corrected chi connectivity index (χ0v) is 19.1. The molecule has 1 aliphatic heterocycles. The molecule has 2 aliphatic rings. The molecule has 4 rings (SSSR count). The van der Waals surface area contributed by atoms with Gasteiger partial charge in [-0.15, -0.1) is 0 Å². The molecule has 1 unspecified atom stereocenters. The van der Waals surface area contributed by atoms with Crippen LogP contribution < -0.4 is 0 Å². The highest BCUT2D eigenvalue weighted by atomic mass is 32.2. The van der Waals surface area contributed by atoms with Crippen molar-refractivity contribution in [2.75, 3.05) is 25.9 Å². The van der Waals surface area contributed by atoms with Gasteiger partial charge in [-0.25, -0.2) is 9.97 Å². The minimum Gasteiger partial charge on any atom is -0.300 e. The molecule has 0 amide bonds. The third-order valence-electron chi connectivity index (χ3n) is 6.56. The lowest BCUT2D eigenvalue weighted by Crippen LogP contribution is -2.46. The highest BCUT2D eigenvalue weighted by Gasteiger charge is 2.28. The van der Waals surface area contributed by atoms with Gasteiger partial charge in [0.25, 0.3) is 0 Å². The van der Waals surface area contributed by atoms with Crippen LogP contribution in [-0.4, -0.2) is 56.7 Å². The standard InChI is InChI=1S/C24H35N5S/c1-30-24-26-14-22(15-27-24)18-28(16-20-7-5-11-25-13-20)17-21-8-6-12-29(19-21)23-9-3-2-4-10-23/h5,7,11,13-15,21,23H,2-4,6,8-10,12,16-19H2,1H3. The fourth-order valence-corrected chi connectivity index (χ4v) is 5.43. The van der Waals surface area contributed by atoms with Crippen LogP contribution in [0.3, 0.4) is 0 Å². The molecule has 1 saturated heterocycles. The number of nitrogens with zero attached hydrogens (tertiary/aromatic N) is 5. The molecule has 1 saturated carbocycles. The SMILES string of the molecule is CSc1ncc(CN(Cc2cccnc2)CC2CCCN(C3CCCCC3)C2)cn1. The Morgan fingerprint density at radius 3 is 2.53 bits per heavy atom. The maximum Gasteiger partial charge on any atom is 0.187 e. The van der Waals surface area contributed by atoms with Crippen LogP contribution >= 0.6 is 11.8 Å². The van der Waals surface area contributed by atoms with E-state index in [1.165, 1.54) is 69.2 Å².